The summed E-state index contributed by atoms with van der Waals surface area (Å²) >= 11 is 0. The highest BCUT2D eigenvalue weighted by Crippen LogP contribution is 2.20. The van der Waals surface area contributed by atoms with Gasteiger partial charge in [-0.3, -0.25) is 9.59 Å². The molecule has 0 bridgehead atoms. The Labute approximate surface area is 117 Å². The maximum Gasteiger partial charge on any atom is 0.305 e. The minimum absolute atomic E-state index is 0.0697. The fourth-order valence-corrected chi connectivity index (χ4v) is 2.24. The Bertz CT molecular complexity index is 631. The van der Waals surface area contributed by atoms with Crippen LogP contribution in [0.15, 0.2) is 30.3 Å². The summed E-state index contributed by atoms with van der Waals surface area (Å²) in [6.45, 7) is 2.96. The van der Waals surface area contributed by atoms with E-state index in [0.717, 1.165) is 23.9 Å². The minimum Gasteiger partial charge on any atom is -0.481 e. The van der Waals surface area contributed by atoms with Gasteiger partial charge in [-0.15, -0.1) is 0 Å². The van der Waals surface area contributed by atoms with Crippen LogP contribution in [-0.4, -0.2) is 28.1 Å². The van der Waals surface area contributed by atoms with Crippen molar-refractivity contribution >= 4 is 22.8 Å². The molecule has 1 aromatic heterocycles. The van der Waals surface area contributed by atoms with Gasteiger partial charge in [0.25, 0.3) is 5.91 Å². The van der Waals surface area contributed by atoms with Gasteiger partial charge in [0.05, 0.1) is 6.42 Å². The highest BCUT2D eigenvalue weighted by molar-refractivity contribution is 5.98. The number of hydrogen-bond donors (Lipinski definition) is 2. The molecule has 0 saturated carbocycles. The Morgan fingerprint density at radius 3 is 2.75 bits per heavy atom. The monoisotopic (exact) mass is 274 g/mol. The van der Waals surface area contributed by atoms with E-state index in [1.807, 2.05) is 34.9 Å². The molecule has 2 N–H and O–H groups in total. The number of hydrogen-bond acceptors (Lipinski definition) is 2. The Balaban J connectivity index is 2.25. The van der Waals surface area contributed by atoms with Crippen LogP contribution in [-0.2, 0) is 11.3 Å². The van der Waals surface area contributed by atoms with Gasteiger partial charge >= 0.3 is 5.97 Å². The Morgan fingerprint density at radius 2 is 2.05 bits per heavy atom. The van der Waals surface area contributed by atoms with Gasteiger partial charge in [0, 0.05) is 24.0 Å². The standard InChI is InChI=1S/C15H18N2O3/c1-2-9-17-12-6-4-3-5-11(12)10-13(17)15(20)16-8-7-14(18)19/h3-6,10H,2,7-9H2,1H3,(H,16,20)(H,18,19). The van der Waals surface area contributed by atoms with Gasteiger partial charge < -0.3 is 15.0 Å². The van der Waals surface area contributed by atoms with Crippen molar-refractivity contribution in [3.63, 3.8) is 0 Å². The molecule has 0 aliphatic rings. The van der Waals surface area contributed by atoms with E-state index in [0.29, 0.717) is 5.69 Å². The van der Waals surface area contributed by atoms with Crippen LogP contribution < -0.4 is 5.32 Å². The summed E-state index contributed by atoms with van der Waals surface area (Å²) in [4.78, 5) is 22.6. The molecule has 0 saturated heterocycles. The second-order valence-corrected chi connectivity index (χ2v) is 4.64. The summed E-state index contributed by atoms with van der Waals surface area (Å²) in [5.41, 5.74) is 1.61. The molecular weight excluding hydrogens is 256 g/mol. The molecule has 0 radical (unpaired) electrons. The third kappa shape index (κ3) is 2.99. The number of para-hydroxylation sites is 1. The van der Waals surface area contributed by atoms with E-state index in [2.05, 4.69) is 12.2 Å². The third-order valence-electron chi connectivity index (χ3n) is 3.11. The zero-order chi connectivity index (χ0) is 14.5. The molecule has 106 valence electrons. The summed E-state index contributed by atoms with van der Waals surface area (Å²) in [6, 6.07) is 9.68. The number of nitrogens with one attached hydrogen (secondary N) is 1. The van der Waals surface area contributed by atoms with E-state index in [-0.39, 0.29) is 18.9 Å². The summed E-state index contributed by atoms with van der Waals surface area (Å²) in [5.74, 6) is -1.14. The van der Waals surface area contributed by atoms with Crippen LogP contribution in [0.4, 0.5) is 0 Å². The summed E-state index contributed by atoms with van der Waals surface area (Å²) in [7, 11) is 0. The lowest BCUT2D eigenvalue weighted by atomic mass is 10.2. The molecule has 0 aliphatic heterocycles. The molecule has 0 fully saturated rings. The highest BCUT2D eigenvalue weighted by Gasteiger charge is 2.14. The van der Waals surface area contributed by atoms with Crippen LogP contribution in [0.2, 0.25) is 0 Å². The van der Waals surface area contributed by atoms with E-state index in [1.54, 1.807) is 0 Å². The van der Waals surface area contributed by atoms with E-state index in [1.165, 1.54) is 0 Å². The normalized spacial score (nSPS) is 10.7. The number of carboxylic acids is 1. The number of aliphatic carboxylic acids is 1. The molecule has 1 amide bonds. The molecule has 2 rings (SSSR count). The number of carbonyl (C=O) groups is 2. The van der Waals surface area contributed by atoms with Crippen molar-refractivity contribution in [3.05, 3.63) is 36.0 Å². The number of carbonyl (C=O) groups excluding carboxylic acids is 1. The van der Waals surface area contributed by atoms with Crippen LogP contribution in [0, 0.1) is 0 Å². The first-order valence-electron chi connectivity index (χ1n) is 6.71. The lowest BCUT2D eigenvalue weighted by Gasteiger charge is -2.09. The zero-order valence-corrected chi connectivity index (χ0v) is 11.4. The second-order valence-electron chi connectivity index (χ2n) is 4.64. The van der Waals surface area contributed by atoms with Crippen LogP contribution >= 0.6 is 0 Å². The molecule has 1 heterocycles. The van der Waals surface area contributed by atoms with Gasteiger partial charge in [0.15, 0.2) is 0 Å². The van der Waals surface area contributed by atoms with Crippen molar-refractivity contribution in [2.75, 3.05) is 6.54 Å². The average molecular weight is 274 g/mol. The lowest BCUT2D eigenvalue weighted by Crippen LogP contribution is -2.28. The van der Waals surface area contributed by atoms with Gasteiger partial charge in [-0.2, -0.15) is 0 Å². The molecule has 1 aromatic carbocycles. The molecule has 0 spiro atoms. The first kappa shape index (κ1) is 14.1. The van der Waals surface area contributed by atoms with E-state index < -0.39 is 5.97 Å². The summed E-state index contributed by atoms with van der Waals surface area (Å²) < 4.78 is 1.98. The quantitative estimate of drug-likeness (QED) is 0.848. The Morgan fingerprint density at radius 1 is 1.30 bits per heavy atom. The summed E-state index contributed by atoms with van der Waals surface area (Å²) in [5, 5.41) is 12.3. The number of rotatable bonds is 6. The maximum atomic E-state index is 12.2. The van der Waals surface area contributed by atoms with Crippen LogP contribution in [0.5, 0.6) is 0 Å². The topological polar surface area (TPSA) is 71.3 Å². The molecule has 0 atom stereocenters. The molecule has 5 heteroatoms. The van der Waals surface area contributed by atoms with Gasteiger partial charge in [-0.05, 0) is 18.6 Å². The van der Waals surface area contributed by atoms with Gasteiger partial charge in [-0.1, -0.05) is 25.1 Å². The fraction of sp³-hybridized carbons (Fsp3) is 0.333. The van der Waals surface area contributed by atoms with Crippen LogP contribution in [0.1, 0.15) is 30.3 Å². The average Bonchev–Trinajstić information content (AvgIpc) is 2.78. The van der Waals surface area contributed by atoms with Crippen molar-refractivity contribution in [1.82, 2.24) is 9.88 Å². The van der Waals surface area contributed by atoms with E-state index in [9.17, 15) is 9.59 Å². The number of benzene rings is 1. The van der Waals surface area contributed by atoms with E-state index >= 15 is 0 Å². The predicted octanol–water partition coefficient (Wildman–Crippen LogP) is 2.26. The van der Waals surface area contributed by atoms with Gasteiger partial charge in [0.2, 0.25) is 0 Å². The maximum absolute atomic E-state index is 12.2. The molecule has 20 heavy (non-hydrogen) atoms. The van der Waals surface area contributed by atoms with Crippen molar-refractivity contribution < 1.29 is 14.7 Å². The minimum atomic E-state index is -0.917. The first-order chi connectivity index (χ1) is 9.63. The number of carboxylic acid groups (broad SMARTS) is 1. The van der Waals surface area contributed by atoms with Crippen molar-refractivity contribution in [2.24, 2.45) is 0 Å². The smallest absolute Gasteiger partial charge is 0.305 e. The summed E-state index contributed by atoms with van der Waals surface area (Å²) in [6.07, 6.45) is 0.855. The third-order valence-corrected chi connectivity index (χ3v) is 3.11. The molecular formula is C15H18N2O3. The second kappa shape index (κ2) is 6.23. The molecule has 0 unspecified atom stereocenters. The van der Waals surface area contributed by atoms with Gasteiger partial charge in [0.1, 0.15) is 5.69 Å². The van der Waals surface area contributed by atoms with Crippen molar-refractivity contribution in [3.8, 4) is 0 Å². The number of aryl methyl sites for hydroxylation is 1. The zero-order valence-electron chi connectivity index (χ0n) is 11.4. The molecule has 5 nitrogen and oxygen atoms in total. The number of aromatic nitrogens is 1. The highest BCUT2D eigenvalue weighted by atomic mass is 16.4. The molecule has 2 aromatic rings. The largest absolute Gasteiger partial charge is 0.481 e. The van der Waals surface area contributed by atoms with Crippen molar-refractivity contribution in [2.45, 2.75) is 26.3 Å². The number of nitrogens with zero attached hydrogens (tertiary/aromatic N) is 1. The first-order valence-corrected chi connectivity index (χ1v) is 6.71. The lowest BCUT2D eigenvalue weighted by molar-refractivity contribution is -0.136. The van der Waals surface area contributed by atoms with E-state index in [4.69, 9.17) is 5.11 Å². The van der Waals surface area contributed by atoms with Crippen molar-refractivity contribution in [1.29, 1.82) is 0 Å². The SMILES string of the molecule is CCCn1c(C(=O)NCCC(=O)O)cc2ccccc21. The fourth-order valence-electron chi connectivity index (χ4n) is 2.24. The predicted molar refractivity (Wildman–Crippen MR) is 76.8 cm³/mol. The Hall–Kier alpha value is -2.30. The van der Waals surface area contributed by atoms with Crippen LogP contribution in [0.3, 0.4) is 0 Å². The number of fused-ring (bicyclic) bond motifs is 1. The molecule has 0 aliphatic carbocycles. The number of amides is 1. The van der Waals surface area contributed by atoms with Crippen LogP contribution in [0.25, 0.3) is 10.9 Å². The Kier molecular flexibility index (Phi) is 4.40. The van der Waals surface area contributed by atoms with Gasteiger partial charge in [-0.25, -0.2) is 0 Å².